The van der Waals surface area contributed by atoms with Gasteiger partial charge in [0.05, 0.1) is 18.8 Å². The summed E-state index contributed by atoms with van der Waals surface area (Å²) in [6, 6.07) is 7.80. The van der Waals surface area contributed by atoms with Gasteiger partial charge in [-0.05, 0) is 18.1 Å². The molecule has 0 saturated carbocycles. The molecule has 1 N–H and O–H groups in total. The molecule has 0 aliphatic carbocycles. The van der Waals surface area contributed by atoms with Crippen LogP contribution in [0.4, 0.5) is 11.6 Å². The lowest BCUT2D eigenvalue weighted by Crippen LogP contribution is -2.45. The first-order chi connectivity index (χ1) is 13.2. The maximum atomic E-state index is 12.5. The standard InChI is InChI=1S/C20H24N4O3/c1-2-15-5-3-4-6-17(15)23-18(25)16-13-21-19(22-14-16)24-9-7-20(8-10-24)26-11-12-27-20/h3-6,13-14H,2,7-12H2,1H3,(H,23,25). The molecule has 7 nitrogen and oxygen atoms in total. The van der Waals surface area contributed by atoms with E-state index in [1.807, 2.05) is 24.3 Å². The zero-order valence-corrected chi connectivity index (χ0v) is 15.5. The number of aryl methyl sites for hydroxylation is 1. The highest BCUT2D eigenvalue weighted by atomic mass is 16.7. The average molecular weight is 368 g/mol. The molecule has 0 bridgehead atoms. The Balaban J connectivity index is 1.39. The minimum absolute atomic E-state index is 0.201. The molecule has 27 heavy (non-hydrogen) atoms. The number of aromatic nitrogens is 2. The monoisotopic (exact) mass is 368 g/mol. The molecule has 0 radical (unpaired) electrons. The molecule has 2 fully saturated rings. The lowest BCUT2D eigenvalue weighted by Gasteiger charge is -2.37. The Kier molecular flexibility index (Phi) is 5.05. The summed E-state index contributed by atoms with van der Waals surface area (Å²) in [5.74, 6) is 0.0179. The number of benzene rings is 1. The van der Waals surface area contributed by atoms with Crippen molar-refractivity contribution in [2.75, 3.05) is 36.5 Å². The maximum absolute atomic E-state index is 12.5. The Morgan fingerprint density at radius 3 is 2.48 bits per heavy atom. The van der Waals surface area contributed by atoms with Gasteiger partial charge in [0, 0.05) is 44.0 Å². The van der Waals surface area contributed by atoms with E-state index in [-0.39, 0.29) is 5.91 Å². The lowest BCUT2D eigenvalue weighted by molar-refractivity contribution is -0.169. The molecule has 0 atom stereocenters. The lowest BCUT2D eigenvalue weighted by atomic mass is 10.0. The van der Waals surface area contributed by atoms with Crippen LogP contribution in [0.1, 0.15) is 35.7 Å². The van der Waals surface area contributed by atoms with Gasteiger partial charge in [-0.15, -0.1) is 0 Å². The molecule has 1 amide bonds. The number of hydrogen-bond acceptors (Lipinski definition) is 6. The van der Waals surface area contributed by atoms with Crippen molar-refractivity contribution >= 4 is 17.5 Å². The zero-order chi connectivity index (χ0) is 18.7. The predicted molar refractivity (Wildman–Crippen MR) is 102 cm³/mol. The van der Waals surface area contributed by atoms with Gasteiger partial charge in [0.1, 0.15) is 0 Å². The van der Waals surface area contributed by atoms with Gasteiger partial charge in [0.2, 0.25) is 5.95 Å². The van der Waals surface area contributed by atoms with E-state index in [0.29, 0.717) is 24.7 Å². The van der Waals surface area contributed by atoms with Crippen LogP contribution in [0.25, 0.3) is 0 Å². The number of nitrogens with one attached hydrogen (secondary N) is 1. The predicted octanol–water partition coefficient (Wildman–Crippen LogP) is 2.63. The molecule has 2 aliphatic heterocycles. The minimum atomic E-state index is -0.414. The normalized spacial score (nSPS) is 18.6. The number of piperidine rings is 1. The second-order valence-corrected chi connectivity index (χ2v) is 6.83. The zero-order valence-electron chi connectivity index (χ0n) is 15.5. The average Bonchev–Trinajstić information content (AvgIpc) is 3.17. The van der Waals surface area contributed by atoms with E-state index < -0.39 is 5.79 Å². The molecular formula is C20H24N4O3. The Hall–Kier alpha value is -2.51. The SMILES string of the molecule is CCc1ccccc1NC(=O)c1cnc(N2CCC3(CC2)OCCO3)nc1. The maximum Gasteiger partial charge on any atom is 0.258 e. The molecule has 2 aliphatic rings. The molecule has 1 spiro atoms. The molecule has 2 aromatic rings. The molecule has 1 aromatic heterocycles. The fourth-order valence-corrected chi connectivity index (χ4v) is 3.58. The van der Waals surface area contributed by atoms with Crippen molar-refractivity contribution in [3.63, 3.8) is 0 Å². The van der Waals surface area contributed by atoms with E-state index in [2.05, 4.69) is 27.1 Å². The van der Waals surface area contributed by atoms with Crippen molar-refractivity contribution in [2.24, 2.45) is 0 Å². The first-order valence-corrected chi connectivity index (χ1v) is 9.43. The van der Waals surface area contributed by atoms with Gasteiger partial charge in [0.25, 0.3) is 5.91 Å². The van der Waals surface area contributed by atoms with Gasteiger partial charge in [-0.25, -0.2) is 9.97 Å². The third-order valence-electron chi connectivity index (χ3n) is 5.17. The summed E-state index contributed by atoms with van der Waals surface area (Å²) in [4.78, 5) is 23.4. The smallest absolute Gasteiger partial charge is 0.258 e. The molecular weight excluding hydrogens is 344 g/mol. The van der Waals surface area contributed by atoms with Crippen molar-refractivity contribution in [2.45, 2.75) is 32.0 Å². The first-order valence-electron chi connectivity index (χ1n) is 9.43. The third-order valence-corrected chi connectivity index (χ3v) is 5.17. The number of nitrogens with zero attached hydrogens (tertiary/aromatic N) is 3. The number of carbonyl (C=O) groups is 1. The molecule has 4 rings (SSSR count). The topological polar surface area (TPSA) is 76.6 Å². The summed E-state index contributed by atoms with van der Waals surface area (Å²) in [7, 11) is 0. The van der Waals surface area contributed by atoms with Gasteiger partial charge in [-0.2, -0.15) is 0 Å². The van der Waals surface area contributed by atoms with E-state index in [9.17, 15) is 4.79 Å². The Morgan fingerprint density at radius 2 is 1.81 bits per heavy atom. The van der Waals surface area contributed by atoms with Gasteiger partial charge in [-0.3, -0.25) is 4.79 Å². The van der Waals surface area contributed by atoms with Crippen LogP contribution in [-0.4, -0.2) is 48.0 Å². The third kappa shape index (κ3) is 3.79. The largest absolute Gasteiger partial charge is 0.347 e. The molecule has 2 saturated heterocycles. The second-order valence-electron chi connectivity index (χ2n) is 6.83. The van der Waals surface area contributed by atoms with Crippen molar-refractivity contribution in [1.29, 1.82) is 0 Å². The van der Waals surface area contributed by atoms with Gasteiger partial charge in [0.15, 0.2) is 5.79 Å². The summed E-state index contributed by atoms with van der Waals surface area (Å²) in [6.45, 7) is 4.95. The van der Waals surface area contributed by atoms with Crippen molar-refractivity contribution in [3.05, 3.63) is 47.8 Å². The fraction of sp³-hybridized carbons (Fsp3) is 0.450. The minimum Gasteiger partial charge on any atom is -0.347 e. The summed E-state index contributed by atoms with van der Waals surface area (Å²) in [6.07, 6.45) is 5.62. The van der Waals surface area contributed by atoms with Crippen LogP contribution in [0.15, 0.2) is 36.7 Å². The van der Waals surface area contributed by atoms with E-state index in [4.69, 9.17) is 9.47 Å². The van der Waals surface area contributed by atoms with Crippen LogP contribution >= 0.6 is 0 Å². The van der Waals surface area contributed by atoms with Gasteiger partial charge < -0.3 is 19.7 Å². The molecule has 0 unspecified atom stereocenters. The molecule has 7 heteroatoms. The second kappa shape index (κ2) is 7.62. The Bertz CT molecular complexity index is 793. The molecule has 142 valence electrons. The number of anilines is 2. The van der Waals surface area contributed by atoms with Gasteiger partial charge >= 0.3 is 0 Å². The molecule has 3 heterocycles. The van der Waals surface area contributed by atoms with Crippen LogP contribution < -0.4 is 10.2 Å². The number of ether oxygens (including phenoxy) is 2. The Morgan fingerprint density at radius 1 is 1.15 bits per heavy atom. The Labute approximate surface area is 158 Å². The van der Waals surface area contributed by atoms with Crippen LogP contribution in [-0.2, 0) is 15.9 Å². The van der Waals surface area contributed by atoms with Gasteiger partial charge in [-0.1, -0.05) is 25.1 Å². The van der Waals surface area contributed by atoms with Crippen molar-refractivity contribution < 1.29 is 14.3 Å². The van der Waals surface area contributed by atoms with Crippen LogP contribution in [0.2, 0.25) is 0 Å². The summed E-state index contributed by atoms with van der Waals surface area (Å²) >= 11 is 0. The van der Waals surface area contributed by atoms with E-state index in [0.717, 1.165) is 43.6 Å². The number of rotatable bonds is 4. The highest BCUT2D eigenvalue weighted by molar-refractivity contribution is 6.04. The van der Waals surface area contributed by atoms with Crippen LogP contribution in [0.3, 0.4) is 0 Å². The number of hydrogen-bond donors (Lipinski definition) is 1. The first kappa shape index (κ1) is 17.9. The number of para-hydroxylation sites is 1. The number of carbonyl (C=O) groups excluding carboxylic acids is 1. The number of amides is 1. The highest BCUT2D eigenvalue weighted by Gasteiger charge is 2.40. The summed E-state index contributed by atoms with van der Waals surface area (Å²) in [5.41, 5.74) is 2.37. The summed E-state index contributed by atoms with van der Waals surface area (Å²) in [5, 5.41) is 2.94. The van der Waals surface area contributed by atoms with Crippen LogP contribution in [0, 0.1) is 0 Å². The van der Waals surface area contributed by atoms with Crippen molar-refractivity contribution in [3.8, 4) is 0 Å². The summed E-state index contributed by atoms with van der Waals surface area (Å²) < 4.78 is 11.5. The van der Waals surface area contributed by atoms with Crippen LogP contribution in [0.5, 0.6) is 0 Å². The van der Waals surface area contributed by atoms with E-state index in [1.54, 1.807) is 12.4 Å². The highest BCUT2D eigenvalue weighted by Crippen LogP contribution is 2.32. The quantitative estimate of drug-likeness (QED) is 0.894. The fourth-order valence-electron chi connectivity index (χ4n) is 3.58. The van der Waals surface area contributed by atoms with E-state index >= 15 is 0 Å². The molecule has 1 aromatic carbocycles. The van der Waals surface area contributed by atoms with Crippen molar-refractivity contribution in [1.82, 2.24) is 9.97 Å². The van der Waals surface area contributed by atoms with E-state index in [1.165, 1.54) is 0 Å².